The van der Waals surface area contributed by atoms with Crippen molar-refractivity contribution in [2.45, 2.75) is 38.3 Å². The van der Waals surface area contributed by atoms with E-state index in [1.807, 2.05) is 0 Å². The summed E-state index contributed by atoms with van der Waals surface area (Å²) in [5.74, 6) is 0. The Morgan fingerprint density at radius 1 is 1.64 bits per heavy atom. The maximum Gasteiger partial charge on any atom is 0.233 e. The van der Waals surface area contributed by atoms with Crippen LogP contribution >= 0.6 is 0 Å². The summed E-state index contributed by atoms with van der Waals surface area (Å²) in [4.78, 5) is 11.4. The van der Waals surface area contributed by atoms with E-state index >= 15 is 0 Å². The lowest BCUT2D eigenvalue weighted by atomic mass is 10.2. The van der Waals surface area contributed by atoms with Gasteiger partial charge in [0.05, 0.1) is 5.67 Å². The minimum absolute atomic E-state index is 0.188. The maximum atomic E-state index is 8.72. The van der Waals surface area contributed by atoms with Gasteiger partial charge in [-0.3, -0.25) is 0 Å². The number of nitrogens with zero attached hydrogens (tertiary/aromatic N) is 3. The molecular weight excluding hydrogens is 158 g/mol. The molecular formula is C6H13N3OSi. The number of hydrogen-bond donors (Lipinski definition) is 1. The van der Waals surface area contributed by atoms with Gasteiger partial charge in [0, 0.05) is 4.91 Å². The van der Waals surface area contributed by atoms with Crippen molar-refractivity contribution in [3.8, 4) is 0 Å². The lowest BCUT2D eigenvalue weighted by molar-refractivity contribution is 0.553. The highest BCUT2D eigenvalue weighted by Crippen LogP contribution is 2.04. The molecule has 0 spiro atoms. The lowest BCUT2D eigenvalue weighted by Crippen LogP contribution is -2.12. The number of hydrogen-bond acceptors (Lipinski definition) is 2. The van der Waals surface area contributed by atoms with Crippen molar-refractivity contribution in [1.29, 1.82) is 0 Å². The third kappa shape index (κ3) is 5.91. The molecule has 0 aromatic carbocycles. The minimum Gasteiger partial charge on any atom is -0.431 e. The second-order valence-electron chi connectivity index (χ2n) is 2.35. The van der Waals surface area contributed by atoms with E-state index in [1.165, 1.54) is 0 Å². The predicted octanol–water partition coefficient (Wildman–Crippen LogP) is 1.81. The Balaban J connectivity index is 3.43. The fourth-order valence-corrected chi connectivity index (χ4v) is 1.23. The predicted molar refractivity (Wildman–Crippen MR) is 45.0 cm³/mol. The molecule has 0 aliphatic heterocycles. The SMILES string of the molecule is CCCCCC(N=[N+]=[N-])[Si]O. The third-order valence-electron chi connectivity index (χ3n) is 1.42. The van der Waals surface area contributed by atoms with Gasteiger partial charge in [-0.1, -0.05) is 31.3 Å². The van der Waals surface area contributed by atoms with E-state index < -0.39 is 0 Å². The normalized spacial score (nSPS) is 12.2. The van der Waals surface area contributed by atoms with E-state index in [9.17, 15) is 0 Å². The molecule has 0 saturated heterocycles. The van der Waals surface area contributed by atoms with Crippen LogP contribution in [-0.4, -0.2) is 20.2 Å². The lowest BCUT2D eigenvalue weighted by Gasteiger charge is -2.03. The monoisotopic (exact) mass is 171 g/mol. The van der Waals surface area contributed by atoms with Crippen molar-refractivity contribution in [2.75, 3.05) is 0 Å². The van der Waals surface area contributed by atoms with Crippen LogP contribution in [0.5, 0.6) is 0 Å². The average Bonchev–Trinajstić information content (AvgIpc) is 2.03. The summed E-state index contributed by atoms with van der Waals surface area (Å²) in [5, 5.41) is 3.46. The summed E-state index contributed by atoms with van der Waals surface area (Å²) in [6, 6.07) is 0. The Hall–Kier alpha value is -0.513. The largest absolute Gasteiger partial charge is 0.431 e. The Kier molecular flexibility index (Phi) is 7.24. The second kappa shape index (κ2) is 7.59. The first-order valence-corrected chi connectivity index (χ1v) is 4.81. The molecule has 0 saturated carbocycles. The topological polar surface area (TPSA) is 69.0 Å². The highest BCUT2D eigenvalue weighted by Gasteiger charge is 2.04. The molecule has 0 amide bonds. The van der Waals surface area contributed by atoms with Gasteiger partial charge in [0.2, 0.25) is 9.76 Å². The summed E-state index contributed by atoms with van der Waals surface area (Å²) in [6.07, 6.45) is 4.14. The van der Waals surface area contributed by atoms with E-state index in [1.54, 1.807) is 0 Å². The van der Waals surface area contributed by atoms with Gasteiger partial charge in [-0.15, -0.1) is 0 Å². The highest BCUT2D eigenvalue weighted by molar-refractivity contribution is 6.27. The molecule has 0 aromatic rings. The van der Waals surface area contributed by atoms with E-state index in [0.717, 1.165) is 25.7 Å². The molecule has 0 rings (SSSR count). The van der Waals surface area contributed by atoms with Crippen LogP contribution in [0.3, 0.4) is 0 Å². The summed E-state index contributed by atoms with van der Waals surface area (Å²) >= 11 is 0. The average molecular weight is 171 g/mol. The first kappa shape index (κ1) is 10.5. The summed E-state index contributed by atoms with van der Waals surface area (Å²) in [7, 11) is -0.253. The van der Waals surface area contributed by atoms with Crippen molar-refractivity contribution in [3.05, 3.63) is 10.4 Å². The van der Waals surface area contributed by atoms with E-state index in [4.69, 9.17) is 10.3 Å². The molecule has 0 aliphatic carbocycles. The van der Waals surface area contributed by atoms with Gasteiger partial charge >= 0.3 is 0 Å². The van der Waals surface area contributed by atoms with Crippen molar-refractivity contribution < 1.29 is 4.80 Å². The van der Waals surface area contributed by atoms with Crippen LogP contribution in [0.4, 0.5) is 0 Å². The molecule has 0 aromatic heterocycles. The highest BCUT2D eigenvalue weighted by atomic mass is 28.2. The fourth-order valence-electron chi connectivity index (χ4n) is 0.798. The van der Waals surface area contributed by atoms with Gasteiger partial charge < -0.3 is 4.80 Å². The summed E-state index contributed by atoms with van der Waals surface area (Å²) in [5.41, 5.74) is 7.89. The number of rotatable bonds is 6. The zero-order valence-corrected chi connectivity index (χ0v) is 7.69. The number of azide groups is 1. The van der Waals surface area contributed by atoms with Crippen LogP contribution in [0.1, 0.15) is 32.6 Å². The Morgan fingerprint density at radius 3 is 2.82 bits per heavy atom. The molecule has 4 nitrogen and oxygen atoms in total. The molecule has 0 fully saturated rings. The molecule has 0 bridgehead atoms. The Labute approximate surface area is 69.2 Å². The maximum absolute atomic E-state index is 8.72. The van der Waals surface area contributed by atoms with Gasteiger partial charge in [0.15, 0.2) is 0 Å². The smallest absolute Gasteiger partial charge is 0.233 e. The van der Waals surface area contributed by atoms with Gasteiger partial charge in [0.1, 0.15) is 0 Å². The second-order valence-corrected chi connectivity index (χ2v) is 3.27. The van der Waals surface area contributed by atoms with Gasteiger partial charge in [0.25, 0.3) is 0 Å². The molecule has 1 atom stereocenters. The van der Waals surface area contributed by atoms with Crippen molar-refractivity contribution >= 4 is 9.76 Å². The van der Waals surface area contributed by atoms with Gasteiger partial charge in [-0.25, -0.2) is 0 Å². The van der Waals surface area contributed by atoms with Crippen LogP contribution < -0.4 is 0 Å². The molecule has 2 radical (unpaired) electrons. The van der Waals surface area contributed by atoms with E-state index in [-0.39, 0.29) is 15.4 Å². The first-order valence-electron chi connectivity index (χ1n) is 3.79. The molecule has 5 heteroatoms. The van der Waals surface area contributed by atoms with Gasteiger partial charge in [-0.05, 0) is 12.0 Å². The fraction of sp³-hybridized carbons (Fsp3) is 1.00. The van der Waals surface area contributed by atoms with Crippen molar-refractivity contribution in [3.63, 3.8) is 0 Å². The molecule has 0 heterocycles. The van der Waals surface area contributed by atoms with E-state index in [0.29, 0.717) is 0 Å². The third-order valence-corrected chi connectivity index (χ3v) is 2.12. The molecule has 62 valence electrons. The van der Waals surface area contributed by atoms with Crippen molar-refractivity contribution in [1.82, 2.24) is 0 Å². The Bertz CT molecular complexity index is 136. The zero-order valence-electron chi connectivity index (χ0n) is 6.69. The summed E-state index contributed by atoms with van der Waals surface area (Å²) < 4.78 is 0. The zero-order chi connectivity index (χ0) is 8.53. The van der Waals surface area contributed by atoms with Crippen LogP contribution in [0.15, 0.2) is 5.11 Å². The van der Waals surface area contributed by atoms with Crippen LogP contribution in [0.2, 0.25) is 0 Å². The minimum atomic E-state index is -0.253. The van der Waals surface area contributed by atoms with Crippen LogP contribution in [0.25, 0.3) is 10.4 Å². The summed E-state index contributed by atoms with van der Waals surface area (Å²) in [6.45, 7) is 2.11. The quantitative estimate of drug-likeness (QED) is 0.214. The molecule has 1 unspecified atom stereocenters. The first-order chi connectivity index (χ1) is 5.35. The molecule has 0 aliphatic rings. The Morgan fingerprint density at radius 2 is 2.36 bits per heavy atom. The van der Waals surface area contributed by atoms with E-state index in [2.05, 4.69) is 16.9 Å². The van der Waals surface area contributed by atoms with Crippen molar-refractivity contribution in [2.24, 2.45) is 5.11 Å². The number of unbranched alkanes of at least 4 members (excludes halogenated alkanes) is 2. The van der Waals surface area contributed by atoms with Crippen LogP contribution in [-0.2, 0) is 0 Å². The molecule has 11 heavy (non-hydrogen) atoms. The standard InChI is InChI=1S/C6H13N3OSi/c1-2-3-4-5-6(11-10)8-9-7/h6,10H,2-5H2,1H3. The van der Waals surface area contributed by atoms with Crippen LogP contribution in [0, 0.1) is 0 Å². The molecule has 1 N–H and O–H groups in total. The van der Waals surface area contributed by atoms with Gasteiger partial charge in [-0.2, -0.15) is 0 Å².